The average Bonchev–Trinajstić information content (AvgIpc) is 2.69. The summed E-state index contributed by atoms with van der Waals surface area (Å²) in [6, 6.07) is 5.19. The zero-order chi connectivity index (χ0) is 22.3. The van der Waals surface area contributed by atoms with Gasteiger partial charge in [-0.1, -0.05) is 31.5 Å². The summed E-state index contributed by atoms with van der Waals surface area (Å²) in [4.78, 5) is 47.8. The van der Waals surface area contributed by atoms with Gasteiger partial charge in [-0.3, -0.25) is 19.4 Å². The van der Waals surface area contributed by atoms with Crippen LogP contribution < -0.4 is 21.1 Å². The topological polar surface area (TPSA) is 107 Å². The fourth-order valence-corrected chi connectivity index (χ4v) is 4.71. The number of halogens is 1. The van der Waals surface area contributed by atoms with Crippen molar-refractivity contribution in [2.75, 3.05) is 28.6 Å². The van der Waals surface area contributed by atoms with Crippen molar-refractivity contribution >= 4 is 40.9 Å². The molecule has 0 radical (unpaired) electrons. The van der Waals surface area contributed by atoms with Crippen molar-refractivity contribution in [3.8, 4) is 0 Å². The highest BCUT2D eigenvalue weighted by molar-refractivity contribution is 6.31. The molecule has 0 spiro atoms. The molecule has 3 heterocycles. The molecule has 1 aromatic heterocycles. The van der Waals surface area contributed by atoms with Gasteiger partial charge in [-0.25, -0.2) is 0 Å². The Morgan fingerprint density at radius 3 is 2.65 bits per heavy atom. The monoisotopic (exact) mass is 443 g/mol. The minimum Gasteiger partial charge on any atom is -0.342 e. The molecule has 0 unspecified atom stereocenters. The molecule has 0 saturated carbocycles. The van der Waals surface area contributed by atoms with E-state index in [0.717, 1.165) is 19.5 Å². The molecule has 31 heavy (non-hydrogen) atoms. The second-order valence-corrected chi connectivity index (χ2v) is 9.12. The molecule has 164 valence electrons. The largest absolute Gasteiger partial charge is 0.342 e. The van der Waals surface area contributed by atoms with Crippen LogP contribution in [0.5, 0.6) is 0 Å². The smallest absolute Gasteiger partial charge is 0.258 e. The molecule has 1 fully saturated rings. The summed E-state index contributed by atoms with van der Waals surface area (Å²) in [7, 11) is 0. The number of rotatable bonds is 3. The van der Waals surface area contributed by atoms with Gasteiger partial charge < -0.3 is 15.5 Å². The number of fused-ring (bicyclic) bond motifs is 1. The molecule has 8 nitrogen and oxygen atoms in total. The number of hydrogen-bond acceptors (Lipinski definition) is 5. The molecule has 2 aromatic rings. The average molecular weight is 444 g/mol. The zero-order valence-corrected chi connectivity index (χ0v) is 18.5. The van der Waals surface area contributed by atoms with Crippen molar-refractivity contribution in [1.29, 1.82) is 0 Å². The van der Waals surface area contributed by atoms with Crippen LogP contribution in [0.1, 0.15) is 43.7 Å². The second kappa shape index (κ2) is 8.34. The number of hydrogen-bond donors (Lipinski definition) is 3. The molecule has 2 aliphatic rings. The second-order valence-electron chi connectivity index (χ2n) is 8.71. The van der Waals surface area contributed by atoms with Gasteiger partial charge in [0.1, 0.15) is 5.82 Å². The maximum atomic E-state index is 13.0. The summed E-state index contributed by atoms with van der Waals surface area (Å²) in [5, 5.41) is 6.00. The number of aromatic nitrogens is 2. The molecule has 9 heteroatoms. The molecular formula is C22H26ClN5O3. The Hall–Kier alpha value is -2.87. The Morgan fingerprint density at radius 1 is 1.23 bits per heavy atom. The molecule has 0 aliphatic carbocycles. The van der Waals surface area contributed by atoms with Crippen molar-refractivity contribution in [2.24, 2.45) is 11.8 Å². The Labute approximate surface area is 185 Å². The third kappa shape index (κ3) is 4.30. The van der Waals surface area contributed by atoms with E-state index >= 15 is 0 Å². The van der Waals surface area contributed by atoms with Crippen molar-refractivity contribution in [1.82, 2.24) is 9.97 Å². The van der Waals surface area contributed by atoms with Crippen LogP contribution in [-0.4, -0.2) is 34.9 Å². The number of anilines is 3. The van der Waals surface area contributed by atoms with Crippen LogP contribution in [0.3, 0.4) is 0 Å². The minimum atomic E-state index is -0.938. The zero-order valence-electron chi connectivity index (χ0n) is 17.8. The summed E-state index contributed by atoms with van der Waals surface area (Å²) >= 11 is 6.14. The van der Waals surface area contributed by atoms with Crippen molar-refractivity contribution < 1.29 is 9.59 Å². The first-order valence-corrected chi connectivity index (χ1v) is 10.9. The van der Waals surface area contributed by atoms with Crippen LogP contribution >= 0.6 is 11.6 Å². The highest BCUT2D eigenvalue weighted by atomic mass is 35.5. The van der Waals surface area contributed by atoms with E-state index in [1.165, 1.54) is 0 Å². The van der Waals surface area contributed by atoms with Crippen LogP contribution in [0, 0.1) is 18.8 Å². The molecule has 3 N–H and O–H groups in total. The van der Waals surface area contributed by atoms with E-state index in [2.05, 4.69) is 34.4 Å². The molecule has 3 atom stereocenters. The van der Waals surface area contributed by atoms with E-state index in [4.69, 9.17) is 11.6 Å². The first-order chi connectivity index (χ1) is 14.7. The van der Waals surface area contributed by atoms with E-state index in [0.29, 0.717) is 34.1 Å². The Balaban J connectivity index is 1.66. The number of aromatic amines is 1. The lowest BCUT2D eigenvalue weighted by Gasteiger charge is -2.35. The number of H-pyrrole nitrogens is 1. The van der Waals surface area contributed by atoms with Crippen LogP contribution in [0.15, 0.2) is 23.0 Å². The highest BCUT2D eigenvalue weighted by Gasteiger charge is 2.36. The van der Waals surface area contributed by atoms with E-state index in [9.17, 15) is 14.4 Å². The van der Waals surface area contributed by atoms with Crippen molar-refractivity contribution in [2.45, 2.75) is 39.5 Å². The fourth-order valence-electron chi connectivity index (χ4n) is 4.53. The van der Waals surface area contributed by atoms with Crippen molar-refractivity contribution in [3.05, 3.63) is 44.7 Å². The summed E-state index contributed by atoms with van der Waals surface area (Å²) in [5.74, 6) is -0.204. The lowest BCUT2D eigenvalue weighted by molar-refractivity contribution is -0.123. The van der Waals surface area contributed by atoms with Gasteiger partial charge >= 0.3 is 0 Å². The van der Waals surface area contributed by atoms with Crippen LogP contribution in [-0.2, 0) is 9.59 Å². The van der Waals surface area contributed by atoms with E-state index in [-0.39, 0.29) is 23.7 Å². The molecule has 2 aliphatic heterocycles. The SMILES string of the molecule is Cc1c(Cl)cccc1NC(=O)[C@@H]1CC(=O)Nc2nc(N3C[C@@H](C)C[C@H](C)C3)[nH]c(=O)c21. The first kappa shape index (κ1) is 21.4. The predicted molar refractivity (Wildman–Crippen MR) is 121 cm³/mol. The highest BCUT2D eigenvalue weighted by Crippen LogP contribution is 2.32. The fraction of sp³-hybridized carbons (Fsp3) is 0.455. The van der Waals surface area contributed by atoms with Crippen LogP contribution in [0.2, 0.25) is 5.02 Å². The predicted octanol–water partition coefficient (Wildman–Crippen LogP) is 3.28. The van der Waals surface area contributed by atoms with Gasteiger partial charge in [0, 0.05) is 30.2 Å². The van der Waals surface area contributed by atoms with Gasteiger partial charge in [-0.15, -0.1) is 0 Å². The maximum absolute atomic E-state index is 13.0. The van der Waals surface area contributed by atoms with Gasteiger partial charge in [-0.2, -0.15) is 4.98 Å². The molecular weight excluding hydrogens is 418 g/mol. The summed E-state index contributed by atoms with van der Waals surface area (Å²) in [6.45, 7) is 7.68. The van der Waals surface area contributed by atoms with Crippen LogP contribution in [0.25, 0.3) is 0 Å². The Morgan fingerprint density at radius 2 is 1.94 bits per heavy atom. The number of piperidine rings is 1. The summed E-state index contributed by atoms with van der Waals surface area (Å²) < 4.78 is 0. The van der Waals surface area contributed by atoms with Crippen LogP contribution in [0.4, 0.5) is 17.5 Å². The number of carbonyl (C=O) groups is 2. The van der Waals surface area contributed by atoms with Gasteiger partial charge in [0.25, 0.3) is 5.56 Å². The number of nitrogens with one attached hydrogen (secondary N) is 3. The molecule has 1 saturated heterocycles. The van der Waals surface area contributed by atoms with Gasteiger partial charge in [0.05, 0.1) is 11.5 Å². The van der Waals surface area contributed by atoms with Gasteiger partial charge in [-0.05, 0) is 42.9 Å². The molecule has 2 amide bonds. The third-order valence-corrected chi connectivity index (χ3v) is 6.36. The standard InChI is InChI=1S/C22H26ClN5O3/c1-11-7-12(2)10-28(9-11)22-26-19-18(21(31)27-22)14(8-17(29)25-19)20(30)24-16-6-4-5-15(23)13(16)3/h4-6,11-12,14H,7-10H2,1-3H3,(H,24,30)(H2,25,26,27,29,31)/t11-,12-,14+/m0/s1. The lowest BCUT2D eigenvalue weighted by Crippen LogP contribution is -2.42. The van der Waals surface area contributed by atoms with Gasteiger partial charge in [0.2, 0.25) is 17.8 Å². The summed E-state index contributed by atoms with van der Waals surface area (Å²) in [6.07, 6.45) is 0.994. The normalized spacial score (nSPS) is 23.2. The summed E-state index contributed by atoms with van der Waals surface area (Å²) in [5.41, 5.74) is 1.03. The first-order valence-electron chi connectivity index (χ1n) is 10.5. The van der Waals surface area contributed by atoms with E-state index in [1.54, 1.807) is 25.1 Å². The quantitative estimate of drug-likeness (QED) is 0.674. The Kier molecular flexibility index (Phi) is 5.75. The lowest BCUT2D eigenvalue weighted by atomic mass is 9.91. The maximum Gasteiger partial charge on any atom is 0.258 e. The molecule has 1 aromatic carbocycles. The Bertz CT molecular complexity index is 1090. The van der Waals surface area contributed by atoms with Crippen molar-refractivity contribution in [3.63, 3.8) is 0 Å². The third-order valence-electron chi connectivity index (χ3n) is 5.95. The molecule has 0 bridgehead atoms. The minimum absolute atomic E-state index is 0.125. The van der Waals surface area contributed by atoms with E-state index in [1.807, 2.05) is 4.90 Å². The van der Waals surface area contributed by atoms with E-state index < -0.39 is 17.4 Å². The number of benzene rings is 1. The number of amides is 2. The number of nitrogens with zero attached hydrogens (tertiary/aromatic N) is 2. The van der Waals surface area contributed by atoms with Gasteiger partial charge in [0.15, 0.2) is 0 Å². The molecule has 4 rings (SSSR count). The number of carbonyl (C=O) groups excluding carboxylic acids is 2.